The number of rotatable bonds is 6. The molecule has 154 valence electrons. The van der Waals surface area contributed by atoms with E-state index in [4.69, 9.17) is 4.52 Å². The molecule has 0 saturated heterocycles. The fourth-order valence-electron chi connectivity index (χ4n) is 2.89. The number of nitrogens with zero attached hydrogens (tertiary/aromatic N) is 8. The van der Waals surface area contributed by atoms with E-state index in [1.54, 1.807) is 35.0 Å². The van der Waals surface area contributed by atoms with E-state index in [9.17, 15) is 8.78 Å². The Labute approximate surface area is 172 Å². The van der Waals surface area contributed by atoms with E-state index >= 15 is 0 Å². The van der Waals surface area contributed by atoms with Crippen molar-refractivity contribution < 1.29 is 13.3 Å². The first-order valence-corrected chi connectivity index (χ1v) is 8.93. The van der Waals surface area contributed by atoms with E-state index < -0.39 is 5.82 Å². The zero-order valence-corrected chi connectivity index (χ0v) is 15.6. The molecule has 0 aliphatic rings. The van der Waals surface area contributed by atoms with Crippen LogP contribution in [0.3, 0.4) is 0 Å². The lowest BCUT2D eigenvalue weighted by molar-refractivity contribution is 0.421. The molecule has 0 spiro atoms. The number of tetrazole rings is 1. The van der Waals surface area contributed by atoms with Gasteiger partial charge in [0.15, 0.2) is 17.5 Å². The van der Waals surface area contributed by atoms with Crippen molar-refractivity contribution in [3.8, 4) is 22.9 Å². The third kappa shape index (κ3) is 3.71. The number of H-pyrrole nitrogens is 1. The van der Waals surface area contributed by atoms with Gasteiger partial charge in [0.25, 0.3) is 0 Å². The third-order valence-corrected chi connectivity index (χ3v) is 4.31. The van der Waals surface area contributed by atoms with E-state index in [0.717, 1.165) is 6.20 Å². The first-order valence-electron chi connectivity index (χ1n) is 8.93. The van der Waals surface area contributed by atoms with Crippen molar-refractivity contribution in [2.75, 3.05) is 5.32 Å². The molecule has 0 fully saturated rings. The second-order valence-electron chi connectivity index (χ2n) is 6.31. The molecule has 5 aromatic rings. The van der Waals surface area contributed by atoms with Crippen molar-refractivity contribution in [2.45, 2.75) is 6.54 Å². The van der Waals surface area contributed by atoms with Gasteiger partial charge in [-0.25, -0.2) is 23.8 Å². The van der Waals surface area contributed by atoms with Crippen LogP contribution in [0.2, 0.25) is 0 Å². The fourth-order valence-corrected chi connectivity index (χ4v) is 2.89. The first kappa shape index (κ1) is 18.5. The average molecular weight is 422 g/mol. The summed E-state index contributed by atoms with van der Waals surface area (Å²) in [5.41, 5.74) is 1.80. The predicted octanol–water partition coefficient (Wildman–Crippen LogP) is 2.58. The van der Waals surface area contributed by atoms with Gasteiger partial charge >= 0.3 is 0 Å². The lowest BCUT2D eigenvalue weighted by Crippen LogP contribution is -2.06. The zero-order chi connectivity index (χ0) is 21.2. The number of hydrogen-bond acceptors (Lipinski definition) is 9. The van der Waals surface area contributed by atoms with Crippen LogP contribution < -0.4 is 5.32 Å². The molecule has 0 atom stereocenters. The molecule has 0 bridgehead atoms. The van der Waals surface area contributed by atoms with E-state index in [1.807, 2.05) is 0 Å². The number of halogens is 2. The van der Waals surface area contributed by atoms with Gasteiger partial charge < -0.3 is 9.84 Å². The summed E-state index contributed by atoms with van der Waals surface area (Å²) in [6.07, 6.45) is 2.41. The minimum absolute atomic E-state index is 0.108. The van der Waals surface area contributed by atoms with Crippen molar-refractivity contribution >= 4 is 11.8 Å². The maximum Gasteiger partial charge on any atom is 0.245 e. The molecule has 5 rings (SSSR count). The van der Waals surface area contributed by atoms with Crippen molar-refractivity contribution in [1.29, 1.82) is 0 Å². The molecule has 0 aliphatic heterocycles. The van der Waals surface area contributed by atoms with Crippen molar-refractivity contribution in [3.63, 3.8) is 0 Å². The first-order chi connectivity index (χ1) is 15.2. The van der Waals surface area contributed by atoms with E-state index in [2.05, 4.69) is 46.2 Å². The highest BCUT2D eigenvalue weighted by Gasteiger charge is 2.18. The summed E-state index contributed by atoms with van der Waals surface area (Å²) >= 11 is 0. The van der Waals surface area contributed by atoms with Crippen molar-refractivity contribution in [2.24, 2.45) is 0 Å². The summed E-state index contributed by atoms with van der Waals surface area (Å²) in [6.45, 7) is 0.130. The molecule has 4 heterocycles. The molecule has 2 N–H and O–H groups in total. The normalized spacial score (nSPS) is 11.0. The standard InChI is InChI=1S/C18H12F2N10O/c19-11-4-2-1-3-10(11)9-30-15(13-5-6-31-27-13)7-14(26-30)17-21-8-12(20)16(22-17)23-18-24-28-29-25-18/h1-8H,9H2,(H2,21,22,23,24,25,28,29). The van der Waals surface area contributed by atoms with Gasteiger partial charge in [-0.1, -0.05) is 28.5 Å². The minimum Gasteiger partial charge on any atom is -0.364 e. The monoisotopic (exact) mass is 422 g/mol. The largest absolute Gasteiger partial charge is 0.364 e. The smallest absolute Gasteiger partial charge is 0.245 e. The molecule has 4 aromatic heterocycles. The van der Waals surface area contributed by atoms with Gasteiger partial charge in [-0.2, -0.15) is 5.10 Å². The van der Waals surface area contributed by atoms with E-state index in [0.29, 0.717) is 22.6 Å². The van der Waals surface area contributed by atoms with Crippen LogP contribution in [-0.4, -0.2) is 45.5 Å². The van der Waals surface area contributed by atoms with Crippen LogP contribution in [0.5, 0.6) is 0 Å². The maximum absolute atomic E-state index is 14.2. The van der Waals surface area contributed by atoms with Crippen molar-refractivity contribution in [3.05, 3.63) is 66.1 Å². The number of aromatic amines is 1. The summed E-state index contributed by atoms with van der Waals surface area (Å²) < 4.78 is 34.8. The number of hydrogen-bond donors (Lipinski definition) is 2. The molecule has 0 radical (unpaired) electrons. The number of nitrogens with one attached hydrogen (secondary N) is 2. The molecule has 0 amide bonds. The van der Waals surface area contributed by atoms with Gasteiger partial charge in [-0.3, -0.25) is 4.68 Å². The number of aromatic nitrogens is 9. The molecule has 0 aliphatic carbocycles. The Kier molecular flexibility index (Phi) is 4.59. The highest BCUT2D eigenvalue weighted by Crippen LogP contribution is 2.26. The number of anilines is 2. The SMILES string of the molecule is Fc1ccccc1Cn1nc(-c2ncc(F)c(Nc3nnn[nH]3)n2)cc1-c1ccon1. The van der Waals surface area contributed by atoms with Crippen LogP contribution in [0, 0.1) is 11.6 Å². The second-order valence-corrected chi connectivity index (χ2v) is 6.31. The zero-order valence-electron chi connectivity index (χ0n) is 15.6. The topological polar surface area (TPSA) is 136 Å². The molecule has 0 saturated carbocycles. The Morgan fingerprint density at radius 3 is 2.77 bits per heavy atom. The Morgan fingerprint density at radius 2 is 2.00 bits per heavy atom. The summed E-state index contributed by atoms with van der Waals surface area (Å²) in [5.74, 6) is -0.973. The van der Waals surface area contributed by atoms with Gasteiger partial charge in [0, 0.05) is 11.6 Å². The van der Waals surface area contributed by atoms with Crippen LogP contribution in [0.4, 0.5) is 20.5 Å². The molecule has 31 heavy (non-hydrogen) atoms. The Balaban J connectivity index is 1.55. The molecular formula is C18H12F2N10O. The Morgan fingerprint density at radius 1 is 1.10 bits per heavy atom. The van der Waals surface area contributed by atoms with Crippen LogP contribution in [0.25, 0.3) is 22.9 Å². The van der Waals surface area contributed by atoms with E-state index in [1.165, 1.54) is 12.3 Å². The highest BCUT2D eigenvalue weighted by atomic mass is 19.1. The van der Waals surface area contributed by atoms with Gasteiger partial charge in [0.05, 0.1) is 18.4 Å². The van der Waals surface area contributed by atoms with Gasteiger partial charge in [0.2, 0.25) is 5.95 Å². The predicted molar refractivity (Wildman–Crippen MR) is 102 cm³/mol. The minimum atomic E-state index is -0.706. The summed E-state index contributed by atoms with van der Waals surface area (Å²) in [6, 6.07) is 9.68. The molecule has 1 aromatic carbocycles. The fraction of sp³-hybridized carbons (Fsp3) is 0.0556. The molecule has 13 heteroatoms. The average Bonchev–Trinajstić information content (AvgIpc) is 3.53. The maximum atomic E-state index is 14.2. The van der Waals surface area contributed by atoms with Crippen molar-refractivity contribution in [1.82, 2.24) is 45.5 Å². The summed E-state index contributed by atoms with van der Waals surface area (Å²) in [7, 11) is 0. The molecule has 0 unspecified atom stereocenters. The van der Waals surface area contributed by atoms with Gasteiger partial charge in [0.1, 0.15) is 23.5 Å². The molecular weight excluding hydrogens is 410 g/mol. The third-order valence-electron chi connectivity index (χ3n) is 4.31. The van der Waals surface area contributed by atoms with Crippen LogP contribution in [-0.2, 0) is 6.54 Å². The Hall–Kier alpha value is -4.55. The highest BCUT2D eigenvalue weighted by molar-refractivity contribution is 5.63. The summed E-state index contributed by atoms with van der Waals surface area (Å²) in [5, 5.41) is 23.9. The summed E-state index contributed by atoms with van der Waals surface area (Å²) in [4.78, 5) is 8.19. The second kappa shape index (κ2) is 7.70. The quantitative estimate of drug-likeness (QED) is 0.423. The van der Waals surface area contributed by atoms with Gasteiger partial charge in [-0.15, -0.1) is 0 Å². The lowest BCUT2D eigenvalue weighted by atomic mass is 10.2. The van der Waals surface area contributed by atoms with Crippen LogP contribution >= 0.6 is 0 Å². The lowest BCUT2D eigenvalue weighted by Gasteiger charge is -2.06. The van der Waals surface area contributed by atoms with E-state index in [-0.39, 0.29) is 30.0 Å². The number of benzene rings is 1. The molecule has 11 nitrogen and oxygen atoms in total. The Bertz CT molecular complexity index is 1320. The van der Waals surface area contributed by atoms with Crippen LogP contribution in [0.15, 0.2) is 53.4 Å². The van der Waals surface area contributed by atoms with Crippen LogP contribution in [0.1, 0.15) is 5.56 Å². The van der Waals surface area contributed by atoms with Gasteiger partial charge in [-0.05, 0) is 22.6 Å².